The summed E-state index contributed by atoms with van der Waals surface area (Å²) in [7, 11) is -2.99. The van der Waals surface area contributed by atoms with Crippen LogP contribution in [-0.2, 0) is 20.4 Å². The number of carbonyl (C=O) groups is 2. The molecule has 5 unspecified atom stereocenters. The summed E-state index contributed by atoms with van der Waals surface area (Å²) in [4.78, 5) is 35.8. The van der Waals surface area contributed by atoms with Crippen molar-refractivity contribution in [1.82, 2.24) is 30.1 Å². The molecule has 1 amide bonds. The number of piperazine rings is 2. The molecule has 15 heteroatoms. The Bertz CT molecular complexity index is 2280. The van der Waals surface area contributed by atoms with E-state index in [9.17, 15) is 27.0 Å². The van der Waals surface area contributed by atoms with Crippen LogP contribution in [0, 0.1) is 18.3 Å². The van der Waals surface area contributed by atoms with Gasteiger partial charge in [0.1, 0.15) is 17.2 Å². The Morgan fingerprint density at radius 2 is 1.72 bits per heavy atom. The average Bonchev–Trinajstić information content (AvgIpc) is 3.30. The standard InChI is InChI=1S/C52H69F3N6O3S3/c1-37-11-13-39(14-12-37)45-19-21-51(3,4)33-41(45)35-60-27-29-61(30-28-60)43-17-15-40(16-18-43)50(63)58-65-47-32-48(67(64)49(62)34-52(53,54)55)46(31-38(47)2)57-42(20-24-59-25-22-56-23-26-59)36-66(5)44-9-7-6-8-10-44/h6-17,32,38,42-43,56-57H,5,18-31,33-36H2,1-4H3,(H,58,63). The minimum absolute atomic E-state index is 0.0330. The molecule has 9 nitrogen and oxygen atoms in total. The highest BCUT2D eigenvalue weighted by Crippen LogP contribution is 2.43. The minimum atomic E-state index is -4.80. The zero-order chi connectivity index (χ0) is 47.7. The molecule has 3 N–H and O–H groups in total. The van der Waals surface area contributed by atoms with Crippen molar-refractivity contribution in [2.75, 3.05) is 71.2 Å². The number of allylic oxidation sites excluding steroid dienone is 4. The predicted octanol–water partition coefficient (Wildman–Crippen LogP) is 8.97. The molecule has 2 aromatic carbocycles. The van der Waals surface area contributed by atoms with Crippen LogP contribution in [-0.4, -0.2) is 125 Å². The van der Waals surface area contributed by atoms with Crippen LogP contribution in [0.3, 0.4) is 0 Å². The Balaban J connectivity index is 0.982. The lowest BCUT2D eigenvalue weighted by molar-refractivity contribution is -0.146. The number of alkyl halides is 3. The van der Waals surface area contributed by atoms with Gasteiger partial charge in [0.25, 0.3) is 5.91 Å². The van der Waals surface area contributed by atoms with Gasteiger partial charge in [0, 0.05) is 104 Å². The number of aryl methyl sites for hydroxylation is 1. The quantitative estimate of drug-likeness (QED) is 0.106. The predicted molar refractivity (Wildman–Crippen MR) is 273 cm³/mol. The number of halogens is 3. The van der Waals surface area contributed by atoms with Gasteiger partial charge in [-0.1, -0.05) is 98.5 Å². The first-order valence-corrected chi connectivity index (χ1v) is 27.3. The molecule has 7 rings (SSSR count). The number of carbonyl (C=O) groups excluding carboxylic acids is 2. The van der Waals surface area contributed by atoms with Gasteiger partial charge in [0.05, 0.1) is 4.91 Å². The van der Waals surface area contributed by atoms with Gasteiger partial charge in [0.15, 0.2) is 0 Å². The van der Waals surface area contributed by atoms with Crippen LogP contribution in [0.5, 0.6) is 0 Å². The molecule has 0 radical (unpaired) electrons. The van der Waals surface area contributed by atoms with Crippen molar-refractivity contribution in [3.63, 3.8) is 0 Å². The van der Waals surface area contributed by atoms with E-state index >= 15 is 0 Å². The average molecular weight is 979 g/mol. The number of hydrogen-bond donors (Lipinski definition) is 3. The first-order chi connectivity index (χ1) is 32.0. The van der Waals surface area contributed by atoms with Crippen molar-refractivity contribution < 1.29 is 27.0 Å². The monoisotopic (exact) mass is 978 g/mol. The number of rotatable bonds is 17. The van der Waals surface area contributed by atoms with Gasteiger partial charge in [-0.2, -0.15) is 23.7 Å². The molecular formula is C52H69F3N6O3S3. The summed E-state index contributed by atoms with van der Waals surface area (Å²) in [6.07, 6.45) is 6.12. The summed E-state index contributed by atoms with van der Waals surface area (Å²) in [5.74, 6) is 4.65. The second-order valence-electron chi connectivity index (χ2n) is 19.6. The van der Waals surface area contributed by atoms with Crippen LogP contribution in [0.4, 0.5) is 13.2 Å². The van der Waals surface area contributed by atoms with Gasteiger partial charge in [0.2, 0.25) is 5.12 Å². The van der Waals surface area contributed by atoms with E-state index in [0.717, 1.165) is 102 Å². The molecule has 67 heavy (non-hydrogen) atoms. The fourth-order valence-electron chi connectivity index (χ4n) is 9.71. The number of nitrogens with one attached hydrogen (secondary N) is 3. The maximum absolute atomic E-state index is 13.8. The summed E-state index contributed by atoms with van der Waals surface area (Å²) in [6, 6.07) is 19.0. The van der Waals surface area contributed by atoms with Crippen molar-refractivity contribution in [2.45, 2.75) is 95.8 Å². The smallest absolute Gasteiger partial charge is 0.384 e. The van der Waals surface area contributed by atoms with Gasteiger partial charge in [-0.05, 0) is 98.1 Å². The molecule has 0 aromatic heterocycles. The van der Waals surface area contributed by atoms with E-state index in [0.29, 0.717) is 40.2 Å². The van der Waals surface area contributed by atoms with Crippen molar-refractivity contribution in [3.8, 4) is 0 Å². The van der Waals surface area contributed by atoms with E-state index in [1.807, 2.05) is 49.4 Å². The van der Waals surface area contributed by atoms with Crippen LogP contribution in [0.15, 0.2) is 110 Å². The van der Waals surface area contributed by atoms with Gasteiger partial charge in [-0.3, -0.25) is 24.1 Å². The zero-order valence-electron chi connectivity index (χ0n) is 39.6. The van der Waals surface area contributed by atoms with Crippen LogP contribution in [0.25, 0.3) is 5.57 Å². The Labute approximate surface area is 405 Å². The van der Waals surface area contributed by atoms with Crippen LogP contribution in [0.2, 0.25) is 0 Å². The highest BCUT2D eigenvalue weighted by atomic mass is 32.2. The molecule has 2 fully saturated rings. The molecule has 5 atom stereocenters. The number of hydrogen-bond acceptors (Lipinski definition) is 9. The minimum Gasteiger partial charge on any atom is -0.384 e. The van der Waals surface area contributed by atoms with Crippen LogP contribution < -0.4 is 15.4 Å². The fraction of sp³-hybridized carbons (Fsp3) is 0.519. The maximum Gasteiger partial charge on any atom is 0.396 e. The molecule has 2 aliphatic heterocycles. The summed E-state index contributed by atoms with van der Waals surface area (Å²) in [5, 5.41) is 5.57. The molecule has 2 heterocycles. The lowest BCUT2D eigenvalue weighted by atomic mass is 9.72. The summed E-state index contributed by atoms with van der Waals surface area (Å²) in [5.41, 5.74) is 7.07. The van der Waals surface area contributed by atoms with E-state index in [2.05, 4.69) is 87.0 Å². The number of benzene rings is 2. The molecule has 364 valence electrons. The second kappa shape index (κ2) is 23.4. The molecule has 0 bridgehead atoms. The number of amides is 1. The third-order valence-electron chi connectivity index (χ3n) is 13.6. The lowest BCUT2D eigenvalue weighted by Crippen LogP contribution is -2.50. The van der Waals surface area contributed by atoms with E-state index < -0.39 is 39.0 Å². The third-order valence-corrected chi connectivity index (χ3v) is 17.7. The van der Waals surface area contributed by atoms with Crippen LogP contribution >= 0.6 is 22.4 Å². The van der Waals surface area contributed by atoms with E-state index in [-0.39, 0.29) is 28.8 Å². The first kappa shape index (κ1) is 51.3. The summed E-state index contributed by atoms with van der Waals surface area (Å²) < 4.78 is 57.2. The van der Waals surface area contributed by atoms with Gasteiger partial charge in [-0.25, -0.2) is 4.21 Å². The number of nitrogens with zero attached hydrogens (tertiary/aromatic N) is 3. The zero-order valence-corrected chi connectivity index (χ0v) is 42.0. The third kappa shape index (κ3) is 14.7. The highest BCUT2D eigenvalue weighted by Gasteiger charge is 2.37. The highest BCUT2D eigenvalue weighted by molar-refractivity contribution is 8.14. The molecule has 2 aromatic rings. The lowest BCUT2D eigenvalue weighted by Gasteiger charge is -2.41. The van der Waals surface area contributed by atoms with E-state index in [4.69, 9.17) is 0 Å². The van der Waals surface area contributed by atoms with Crippen molar-refractivity contribution in [2.24, 2.45) is 11.3 Å². The normalized spacial score (nSPS) is 23.6. The molecule has 2 saturated heterocycles. The fourth-order valence-corrected chi connectivity index (χ4v) is 13.2. The molecule has 3 aliphatic carbocycles. The van der Waals surface area contributed by atoms with Gasteiger partial charge in [-0.15, -0.1) is 0 Å². The van der Waals surface area contributed by atoms with Crippen molar-refractivity contribution in [1.29, 1.82) is 0 Å². The van der Waals surface area contributed by atoms with E-state index in [1.54, 1.807) is 11.6 Å². The topological polar surface area (TPSA) is 97.0 Å². The Morgan fingerprint density at radius 1 is 1.00 bits per heavy atom. The van der Waals surface area contributed by atoms with Gasteiger partial charge < -0.3 is 15.5 Å². The Morgan fingerprint density at radius 3 is 2.39 bits per heavy atom. The Kier molecular flexibility index (Phi) is 17.9. The van der Waals surface area contributed by atoms with E-state index in [1.165, 1.54) is 23.1 Å². The second-order valence-corrected chi connectivity index (χ2v) is 23.7. The van der Waals surface area contributed by atoms with Crippen molar-refractivity contribution in [3.05, 3.63) is 117 Å². The molecular weight excluding hydrogens is 910 g/mol. The molecule has 0 spiro atoms. The largest absolute Gasteiger partial charge is 0.396 e. The molecule has 5 aliphatic rings. The van der Waals surface area contributed by atoms with Crippen LogP contribution in [0.1, 0.15) is 76.8 Å². The van der Waals surface area contributed by atoms with Crippen molar-refractivity contribution >= 4 is 55.7 Å². The van der Waals surface area contributed by atoms with Gasteiger partial charge >= 0.3 is 6.18 Å². The Hall–Kier alpha value is -3.57. The summed E-state index contributed by atoms with van der Waals surface area (Å²) in [6.45, 7) is 18.2. The maximum atomic E-state index is 13.8. The SMILES string of the molecule is C=S(CC(CCN1CCNCC1)NC1=C(S(=O)C(=O)CC(F)(F)F)C=C(SNC(=O)C2=CCC(N3CCN(CC4=C(c5ccc(C)cc5)CCC(C)(C)C4)CC3)C=C2)C(C)C1)c1ccccc1. The first-order valence-electron chi connectivity index (χ1n) is 23.8. The summed E-state index contributed by atoms with van der Waals surface area (Å²) >= 11 is 1.07. The molecule has 0 saturated carbocycles.